The predicted molar refractivity (Wildman–Crippen MR) is 80.8 cm³/mol. The number of carbonyl (C=O) groups excluding carboxylic acids is 1. The van der Waals surface area contributed by atoms with E-state index in [0.29, 0.717) is 5.41 Å². The molecule has 0 aromatic heterocycles. The third-order valence-corrected chi connectivity index (χ3v) is 4.40. The fourth-order valence-electron chi connectivity index (χ4n) is 2.74. The van der Waals surface area contributed by atoms with Crippen LogP contribution in [0.15, 0.2) is 24.3 Å². The molecule has 1 aromatic carbocycles. The minimum Gasteiger partial charge on any atom is -0.497 e. The van der Waals surface area contributed by atoms with Gasteiger partial charge in [0.15, 0.2) is 0 Å². The number of rotatable bonds is 4. The summed E-state index contributed by atoms with van der Waals surface area (Å²) in [6.07, 6.45) is 3.56. The Hall–Kier alpha value is -1.71. The number of primary amides is 1. The van der Waals surface area contributed by atoms with Crippen LogP contribution in [-0.4, -0.2) is 18.6 Å². The highest BCUT2D eigenvalue weighted by atomic mass is 16.5. The molecule has 0 aliphatic heterocycles. The summed E-state index contributed by atoms with van der Waals surface area (Å²) in [6, 6.07) is 7.60. The molecule has 110 valence electrons. The fraction of sp³-hybridized carbons (Fsp3) is 0.562. The second-order valence-corrected chi connectivity index (χ2v) is 6.46. The average Bonchev–Trinajstić information content (AvgIpc) is 2.42. The van der Waals surface area contributed by atoms with E-state index in [9.17, 15) is 4.79 Å². The zero-order chi connectivity index (χ0) is 14.8. The molecule has 0 radical (unpaired) electrons. The molecule has 1 fully saturated rings. The molecular formula is C16H24N2O2. The molecule has 3 N–H and O–H groups in total. The Balaban J connectivity index is 2.15. The first-order valence-corrected chi connectivity index (χ1v) is 7.09. The molecule has 0 unspecified atom stereocenters. The Kier molecular flexibility index (Phi) is 3.93. The van der Waals surface area contributed by atoms with Gasteiger partial charge >= 0.3 is 0 Å². The van der Waals surface area contributed by atoms with Crippen LogP contribution in [0.3, 0.4) is 0 Å². The fourth-order valence-corrected chi connectivity index (χ4v) is 2.74. The van der Waals surface area contributed by atoms with Crippen molar-refractivity contribution < 1.29 is 9.53 Å². The summed E-state index contributed by atoms with van der Waals surface area (Å²) in [5.41, 5.74) is 6.25. The van der Waals surface area contributed by atoms with Crippen molar-refractivity contribution in [2.45, 2.75) is 45.1 Å². The van der Waals surface area contributed by atoms with Crippen LogP contribution in [0.1, 0.15) is 39.5 Å². The molecule has 1 aliphatic rings. The number of hydrogen-bond donors (Lipinski definition) is 2. The number of amides is 1. The van der Waals surface area contributed by atoms with Gasteiger partial charge in [0, 0.05) is 5.69 Å². The van der Waals surface area contributed by atoms with E-state index in [4.69, 9.17) is 10.5 Å². The molecule has 1 aliphatic carbocycles. The summed E-state index contributed by atoms with van der Waals surface area (Å²) in [6.45, 7) is 4.48. The number of carbonyl (C=O) groups is 1. The highest BCUT2D eigenvalue weighted by Gasteiger charge is 2.42. The Labute approximate surface area is 120 Å². The Morgan fingerprint density at radius 2 is 1.70 bits per heavy atom. The van der Waals surface area contributed by atoms with Crippen LogP contribution in [0.25, 0.3) is 0 Å². The van der Waals surface area contributed by atoms with Gasteiger partial charge < -0.3 is 15.8 Å². The molecule has 4 nitrogen and oxygen atoms in total. The number of benzene rings is 1. The summed E-state index contributed by atoms with van der Waals surface area (Å²) >= 11 is 0. The van der Waals surface area contributed by atoms with Crippen LogP contribution >= 0.6 is 0 Å². The normalized spacial score (nSPS) is 20.1. The van der Waals surface area contributed by atoms with Crippen LogP contribution < -0.4 is 15.8 Å². The lowest BCUT2D eigenvalue weighted by molar-refractivity contribution is -0.124. The lowest BCUT2D eigenvalue weighted by Crippen LogP contribution is -2.53. The summed E-state index contributed by atoms with van der Waals surface area (Å²) in [5, 5.41) is 3.35. The van der Waals surface area contributed by atoms with E-state index in [1.165, 1.54) is 0 Å². The SMILES string of the molecule is COc1ccc(NC2(C(N)=O)CCC(C)(C)CC2)cc1. The smallest absolute Gasteiger partial charge is 0.243 e. The van der Waals surface area contributed by atoms with Crippen molar-refractivity contribution in [1.82, 2.24) is 0 Å². The molecule has 1 amide bonds. The number of hydrogen-bond acceptors (Lipinski definition) is 3. The average molecular weight is 276 g/mol. The number of nitrogens with two attached hydrogens (primary N) is 1. The first-order chi connectivity index (χ1) is 9.37. The zero-order valence-electron chi connectivity index (χ0n) is 12.5. The van der Waals surface area contributed by atoms with Crippen molar-refractivity contribution in [2.24, 2.45) is 11.1 Å². The Morgan fingerprint density at radius 3 is 2.15 bits per heavy atom. The van der Waals surface area contributed by atoms with Gasteiger partial charge in [0.25, 0.3) is 0 Å². The second-order valence-electron chi connectivity index (χ2n) is 6.46. The highest BCUT2D eigenvalue weighted by molar-refractivity contribution is 5.88. The van der Waals surface area contributed by atoms with Crippen molar-refractivity contribution in [2.75, 3.05) is 12.4 Å². The van der Waals surface area contributed by atoms with Gasteiger partial charge in [0.2, 0.25) is 5.91 Å². The number of nitrogens with one attached hydrogen (secondary N) is 1. The Bertz CT molecular complexity index is 470. The summed E-state index contributed by atoms with van der Waals surface area (Å²) in [4.78, 5) is 11.9. The summed E-state index contributed by atoms with van der Waals surface area (Å²) in [5.74, 6) is 0.539. The highest BCUT2D eigenvalue weighted by Crippen LogP contribution is 2.41. The molecule has 0 spiro atoms. The standard InChI is InChI=1S/C16H24N2O2/c1-15(2)8-10-16(11-9-15,14(17)19)18-12-4-6-13(20-3)7-5-12/h4-7,18H,8-11H2,1-3H3,(H2,17,19). The van der Waals surface area contributed by atoms with Gasteiger partial charge in [-0.3, -0.25) is 4.79 Å². The molecule has 1 aromatic rings. The molecule has 0 atom stereocenters. The second kappa shape index (κ2) is 5.35. The molecule has 0 heterocycles. The van der Waals surface area contributed by atoms with Gasteiger partial charge in [-0.15, -0.1) is 0 Å². The lowest BCUT2D eigenvalue weighted by Gasteiger charge is -2.42. The lowest BCUT2D eigenvalue weighted by atomic mass is 9.69. The quantitative estimate of drug-likeness (QED) is 0.888. The van der Waals surface area contributed by atoms with Crippen LogP contribution in [-0.2, 0) is 4.79 Å². The van der Waals surface area contributed by atoms with E-state index in [-0.39, 0.29) is 5.91 Å². The number of anilines is 1. The third kappa shape index (κ3) is 3.06. The van der Waals surface area contributed by atoms with E-state index in [1.54, 1.807) is 7.11 Å². The molecule has 4 heteroatoms. The van der Waals surface area contributed by atoms with E-state index in [0.717, 1.165) is 37.1 Å². The minimum atomic E-state index is -0.621. The topological polar surface area (TPSA) is 64.3 Å². The molecule has 1 saturated carbocycles. The third-order valence-electron chi connectivity index (χ3n) is 4.40. The maximum absolute atomic E-state index is 11.9. The summed E-state index contributed by atoms with van der Waals surface area (Å²) < 4.78 is 5.14. The number of ether oxygens (including phenoxy) is 1. The predicted octanol–water partition coefficient (Wildman–Crippen LogP) is 2.93. The van der Waals surface area contributed by atoms with Gasteiger partial charge in [0.1, 0.15) is 11.3 Å². The molecule has 0 saturated heterocycles. The maximum Gasteiger partial charge on any atom is 0.243 e. The molecule has 0 bridgehead atoms. The van der Waals surface area contributed by atoms with Crippen molar-refractivity contribution in [3.05, 3.63) is 24.3 Å². The van der Waals surface area contributed by atoms with Crippen molar-refractivity contribution in [3.8, 4) is 5.75 Å². The van der Waals surface area contributed by atoms with Crippen LogP contribution in [0, 0.1) is 5.41 Å². The largest absolute Gasteiger partial charge is 0.497 e. The van der Waals surface area contributed by atoms with Crippen LogP contribution in [0.4, 0.5) is 5.69 Å². The van der Waals surface area contributed by atoms with E-state index in [2.05, 4.69) is 19.2 Å². The zero-order valence-corrected chi connectivity index (χ0v) is 12.5. The maximum atomic E-state index is 11.9. The van der Waals surface area contributed by atoms with E-state index in [1.807, 2.05) is 24.3 Å². The molecule has 20 heavy (non-hydrogen) atoms. The summed E-state index contributed by atoms with van der Waals surface area (Å²) in [7, 11) is 1.64. The van der Waals surface area contributed by atoms with Crippen molar-refractivity contribution in [1.29, 1.82) is 0 Å². The van der Waals surface area contributed by atoms with Crippen molar-refractivity contribution in [3.63, 3.8) is 0 Å². The molecule has 2 rings (SSSR count). The van der Waals surface area contributed by atoms with Crippen LogP contribution in [0.5, 0.6) is 5.75 Å². The van der Waals surface area contributed by atoms with Gasteiger partial charge in [-0.1, -0.05) is 13.8 Å². The van der Waals surface area contributed by atoms with Gasteiger partial charge in [-0.25, -0.2) is 0 Å². The minimum absolute atomic E-state index is 0.260. The van der Waals surface area contributed by atoms with Gasteiger partial charge in [-0.2, -0.15) is 0 Å². The van der Waals surface area contributed by atoms with E-state index < -0.39 is 5.54 Å². The monoisotopic (exact) mass is 276 g/mol. The van der Waals surface area contributed by atoms with Crippen molar-refractivity contribution >= 4 is 11.6 Å². The first-order valence-electron chi connectivity index (χ1n) is 7.09. The number of methoxy groups -OCH3 is 1. The van der Waals surface area contributed by atoms with Crippen LogP contribution in [0.2, 0.25) is 0 Å². The van der Waals surface area contributed by atoms with Gasteiger partial charge in [0.05, 0.1) is 7.11 Å². The molecular weight excluding hydrogens is 252 g/mol. The Morgan fingerprint density at radius 1 is 1.15 bits per heavy atom. The van der Waals surface area contributed by atoms with Gasteiger partial charge in [-0.05, 0) is 55.4 Å². The first kappa shape index (κ1) is 14.7. The van der Waals surface area contributed by atoms with E-state index >= 15 is 0 Å².